The van der Waals surface area contributed by atoms with Crippen LogP contribution in [0.3, 0.4) is 0 Å². The molecule has 14 heteroatoms. The lowest BCUT2D eigenvalue weighted by atomic mass is 10.3. The lowest BCUT2D eigenvalue weighted by molar-refractivity contribution is 0.258. The Morgan fingerprint density at radius 1 is 0.643 bits per heavy atom. The van der Waals surface area contributed by atoms with E-state index in [0.717, 1.165) is 0 Å². The second kappa shape index (κ2) is 9.59. The number of anilines is 2. The second-order valence-corrected chi connectivity index (χ2v) is 10.0. The van der Waals surface area contributed by atoms with Crippen molar-refractivity contribution in [2.24, 2.45) is 11.5 Å². The second-order valence-electron chi connectivity index (χ2n) is 4.90. The molecule has 0 aromatic heterocycles. The number of carbonyl (C=O) groups excluding carboxylic acids is 2. The fraction of sp³-hybridized carbons (Fsp3) is 0. The Morgan fingerprint density at radius 2 is 0.893 bits per heavy atom. The summed E-state index contributed by atoms with van der Waals surface area (Å²) in [6.45, 7) is 0. The van der Waals surface area contributed by atoms with Crippen LogP contribution in [0.5, 0.6) is 0 Å². The molecule has 6 N–H and O–H groups in total. The molecule has 0 unspecified atom stereocenters. The van der Waals surface area contributed by atoms with Gasteiger partial charge in [-0.3, -0.25) is 0 Å². The van der Waals surface area contributed by atoms with Gasteiger partial charge in [-0.05, 0) is 48.5 Å². The number of primary amides is 2. The minimum absolute atomic E-state index is 0.0332. The predicted molar refractivity (Wildman–Crippen MR) is 105 cm³/mol. The molecule has 2 rings (SSSR count). The van der Waals surface area contributed by atoms with Crippen molar-refractivity contribution in [3.05, 3.63) is 48.5 Å². The molecule has 4 amide bonds. The molecule has 0 saturated carbocycles. The largest absolute Gasteiger partial charge is 0.351 e. The van der Waals surface area contributed by atoms with Crippen molar-refractivity contribution >= 4 is 62.9 Å². The smallest absolute Gasteiger partial charge is 0.316 e. The number of hydrogen-bond donors (Lipinski definition) is 4. The van der Waals surface area contributed by atoms with Crippen LogP contribution in [-0.4, -0.2) is 28.9 Å². The molecule has 0 bridgehead atoms. The van der Waals surface area contributed by atoms with Gasteiger partial charge in [-0.15, -0.1) is 0 Å². The summed E-state index contributed by atoms with van der Waals surface area (Å²) >= 11 is 0. The first kappa shape index (κ1) is 23.5. The van der Waals surface area contributed by atoms with Gasteiger partial charge in [0.15, 0.2) is 0 Å². The molecule has 152 valence electrons. The van der Waals surface area contributed by atoms with Gasteiger partial charge < -0.3 is 22.1 Å². The maximum atomic E-state index is 10.8. The van der Waals surface area contributed by atoms with Gasteiger partial charge in [0.05, 0.1) is 9.79 Å². The van der Waals surface area contributed by atoms with Gasteiger partial charge in [0, 0.05) is 32.7 Å². The van der Waals surface area contributed by atoms with Crippen molar-refractivity contribution in [3.8, 4) is 0 Å². The molecule has 0 fully saturated rings. The van der Waals surface area contributed by atoms with Crippen LogP contribution in [0, 0.1) is 0 Å². The molecule has 2 aromatic carbocycles. The minimum atomic E-state index is -3.72. The number of nitrogens with two attached hydrogens (primary N) is 2. The third kappa shape index (κ3) is 8.43. The molecule has 0 atom stereocenters. The van der Waals surface area contributed by atoms with E-state index < -0.39 is 30.2 Å². The van der Waals surface area contributed by atoms with Crippen LogP contribution in [0.2, 0.25) is 0 Å². The first-order valence-corrected chi connectivity index (χ1v) is 11.6. The number of rotatable bonds is 4. The number of hydrogen-bond acceptors (Lipinski definition) is 6. The SMILES string of the molecule is NC(=O)Nc1ccc(S(=O)(=O)Cl)cc1.NC(=O)Nc1ccc(S(=O)(=O)Cl)cc1. The molecule has 0 heterocycles. The van der Waals surface area contributed by atoms with Crippen LogP contribution in [0.25, 0.3) is 0 Å². The van der Waals surface area contributed by atoms with E-state index in [1.165, 1.54) is 48.5 Å². The Balaban J connectivity index is 0.000000280. The molecule has 0 saturated heterocycles. The minimum Gasteiger partial charge on any atom is -0.351 e. The monoisotopic (exact) mass is 468 g/mol. The standard InChI is InChI=1S/2C7H7ClN2O3S/c2*8-14(12,13)6-3-1-5(2-4-6)10-7(9)11/h2*1-4H,(H3,9,10,11). The highest BCUT2D eigenvalue weighted by Crippen LogP contribution is 2.18. The summed E-state index contributed by atoms with van der Waals surface area (Å²) in [5.41, 5.74) is 10.5. The summed E-state index contributed by atoms with van der Waals surface area (Å²) in [6, 6.07) is 9.21. The van der Waals surface area contributed by atoms with Gasteiger partial charge in [0.25, 0.3) is 18.1 Å². The Bertz CT molecular complexity index is 969. The molecule has 10 nitrogen and oxygen atoms in total. The van der Waals surface area contributed by atoms with Crippen molar-refractivity contribution in [2.45, 2.75) is 9.79 Å². The van der Waals surface area contributed by atoms with Gasteiger partial charge in [0.2, 0.25) is 0 Å². The van der Waals surface area contributed by atoms with Crippen molar-refractivity contribution in [2.75, 3.05) is 10.6 Å². The summed E-state index contributed by atoms with van der Waals surface area (Å²) in [5, 5.41) is 4.57. The molecule has 0 aliphatic heterocycles. The van der Waals surface area contributed by atoms with E-state index in [1.807, 2.05) is 0 Å². The molecular weight excluding hydrogens is 455 g/mol. The lowest BCUT2D eigenvalue weighted by Gasteiger charge is -2.01. The third-order valence-electron chi connectivity index (χ3n) is 2.81. The number of halogens is 2. The number of amides is 4. The topological polar surface area (TPSA) is 179 Å². The van der Waals surface area contributed by atoms with E-state index in [9.17, 15) is 26.4 Å². The van der Waals surface area contributed by atoms with E-state index in [2.05, 4.69) is 10.6 Å². The van der Waals surface area contributed by atoms with Gasteiger partial charge >= 0.3 is 12.1 Å². The van der Waals surface area contributed by atoms with Crippen LogP contribution in [0.1, 0.15) is 0 Å². The van der Waals surface area contributed by atoms with E-state index in [4.69, 9.17) is 32.8 Å². The average molecular weight is 469 g/mol. The Hall–Kier alpha value is -2.54. The highest BCUT2D eigenvalue weighted by Gasteiger charge is 2.09. The Labute approximate surface area is 169 Å². The maximum absolute atomic E-state index is 10.8. The van der Waals surface area contributed by atoms with Crippen LogP contribution in [0.15, 0.2) is 58.3 Å². The molecule has 0 spiro atoms. The zero-order valence-corrected chi connectivity index (χ0v) is 16.9. The number of carbonyl (C=O) groups is 2. The zero-order chi connectivity index (χ0) is 21.5. The van der Waals surface area contributed by atoms with Crippen LogP contribution < -0.4 is 22.1 Å². The summed E-state index contributed by atoms with van der Waals surface area (Å²) in [5.74, 6) is 0. The highest BCUT2D eigenvalue weighted by molar-refractivity contribution is 8.14. The molecule has 2 aromatic rings. The first-order chi connectivity index (χ1) is 12.8. The van der Waals surface area contributed by atoms with E-state index >= 15 is 0 Å². The predicted octanol–water partition coefficient (Wildman–Crippen LogP) is 2.21. The van der Waals surface area contributed by atoms with Gasteiger partial charge in [-0.25, -0.2) is 26.4 Å². The number of nitrogens with one attached hydrogen (secondary N) is 2. The zero-order valence-electron chi connectivity index (χ0n) is 13.8. The number of urea groups is 2. The average Bonchev–Trinajstić information content (AvgIpc) is 2.53. The quantitative estimate of drug-likeness (QED) is 0.499. The van der Waals surface area contributed by atoms with Crippen LogP contribution >= 0.6 is 21.4 Å². The first-order valence-electron chi connectivity index (χ1n) is 7.01. The van der Waals surface area contributed by atoms with Gasteiger partial charge in [-0.2, -0.15) is 0 Å². The summed E-state index contributed by atoms with van der Waals surface area (Å²) in [6.07, 6.45) is 0. The van der Waals surface area contributed by atoms with Crippen LogP contribution in [-0.2, 0) is 18.1 Å². The molecule has 28 heavy (non-hydrogen) atoms. The van der Waals surface area contributed by atoms with Crippen molar-refractivity contribution in [1.29, 1.82) is 0 Å². The summed E-state index contributed by atoms with van der Waals surface area (Å²) in [4.78, 5) is 20.8. The van der Waals surface area contributed by atoms with Gasteiger partial charge in [0.1, 0.15) is 0 Å². The Kier molecular flexibility index (Phi) is 8.05. The van der Waals surface area contributed by atoms with Crippen molar-refractivity contribution in [3.63, 3.8) is 0 Å². The molecule has 0 radical (unpaired) electrons. The summed E-state index contributed by atoms with van der Waals surface area (Å²) < 4.78 is 43.3. The molecule has 0 aliphatic carbocycles. The normalized spacial score (nSPS) is 10.9. The fourth-order valence-corrected chi connectivity index (χ4v) is 3.23. The maximum Gasteiger partial charge on any atom is 0.316 e. The molecular formula is C14H14Cl2N4O6S2. The van der Waals surface area contributed by atoms with E-state index in [-0.39, 0.29) is 9.79 Å². The van der Waals surface area contributed by atoms with Crippen LogP contribution in [0.4, 0.5) is 21.0 Å². The van der Waals surface area contributed by atoms with Crippen molar-refractivity contribution < 1.29 is 26.4 Å². The lowest BCUT2D eigenvalue weighted by Crippen LogP contribution is -2.19. The highest BCUT2D eigenvalue weighted by atomic mass is 35.7. The van der Waals surface area contributed by atoms with Crippen molar-refractivity contribution in [1.82, 2.24) is 0 Å². The van der Waals surface area contributed by atoms with Gasteiger partial charge in [-0.1, -0.05) is 0 Å². The third-order valence-corrected chi connectivity index (χ3v) is 5.55. The number of benzene rings is 2. The summed E-state index contributed by atoms with van der Waals surface area (Å²) in [7, 11) is 2.71. The fourth-order valence-electron chi connectivity index (χ4n) is 1.69. The molecule has 0 aliphatic rings. The van der Waals surface area contributed by atoms with E-state index in [0.29, 0.717) is 11.4 Å². The van der Waals surface area contributed by atoms with E-state index in [1.54, 1.807) is 0 Å². The Morgan fingerprint density at radius 3 is 1.07 bits per heavy atom.